The third-order valence-corrected chi connectivity index (χ3v) is 4.80. The van der Waals surface area contributed by atoms with Crippen LogP contribution in [0.5, 0.6) is 5.75 Å². The average Bonchev–Trinajstić information content (AvgIpc) is 2.51. The zero-order chi connectivity index (χ0) is 17.0. The molecule has 0 aliphatic carbocycles. The van der Waals surface area contributed by atoms with Crippen LogP contribution in [-0.2, 0) is 10.0 Å². The lowest BCUT2D eigenvalue weighted by Gasteiger charge is -2.20. The van der Waals surface area contributed by atoms with Gasteiger partial charge >= 0.3 is 0 Å². The van der Waals surface area contributed by atoms with Gasteiger partial charge in [-0.3, -0.25) is 4.31 Å². The molecule has 0 aromatic heterocycles. The van der Waals surface area contributed by atoms with E-state index >= 15 is 0 Å². The lowest BCUT2D eigenvalue weighted by molar-refractivity contribution is 0.340. The molecule has 0 saturated heterocycles. The van der Waals surface area contributed by atoms with Crippen LogP contribution in [0.25, 0.3) is 0 Å². The number of nitrogens with zero attached hydrogens (tertiary/aromatic N) is 1. The molecule has 0 N–H and O–H groups in total. The first-order valence-corrected chi connectivity index (χ1v) is 8.20. The van der Waals surface area contributed by atoms with Crippen molar-refractivity contribution in [3.05, 3.63) is 59.9 Å². The van der Waals surface area contributed by atoms with Gasteiger partial charge in [0.05, 0.1) is 5.69 Å². The SMILES string of the molecule is CN(c1cc(F)ccc1F)S(=O)(=O)CCOc1ccc(F)cc1. The van der Waals surface area contributed by atoms with E-state index < -0.39 is 33.2 Å². The first kappa shape index (κ1) is 17.1. The van der Waals surface area contributed by atoms with Crippen molar-refractivity contribution in [1.29, 1.82) is 0 Å². The van der Waals surface area contributed by atoms with Crippen LogP contribution < -0.4 is 9.04 Å². The van der Waals surface area contributed by atoms with Crippen LogP contribution in [0, 0.1) is 17.5 Å². The summed E-state index contributed by atoms with van der Waals surface area (Å²) in [6, 6.07) is 7.63. The molecule has 124 valence electrons. The Hall–Kier alpha value is -2.22. The van der Waals surface area contributed by atoms with Gasteiger partial charge in [-0.2, -0.15) is 0 Å². The Balaban J connectivity index is 2.03. The average molecular weight is 345 g/mol. The highest BCUT2D eigenvalue weighted by molar-refractivity contribution is 7.92. The van der Waals surface area contributed by atoms with Gasteiger partial charge < -0.3 is 4.74 Å². The van der Waals surface area contributed by atoms with E-state index in [0.29, 0.717) is 10.1 Å². The molecule has 0 bridgehead atoms. The molecule has 2 rings (SSSR count). The predicted octanol–water partition coefficient (Wildman–Crippen LogP) is 2.95. The highest BCUT2D eigenvalue weighted by Crippen LogP contribution is 2.22. The van der Waals surface area contributed by atoms with Gasteiger partial charge in [-0.25, -0.2) is 21.6 Å². The quantitative estimate of drug-likeness (QED) is 0.809. The Labute approximate surface area is 132 Å². The van der Waals surface area contributed by atoms with Gasteiger partial charge in [-0.1, -0.05) is 0 Å². The second kappa shape index (κ2) is 6.91. The number of sulfonamides is 1. The number of rotatable bonds is 6. The minimum absolute atomic E-state index is 0.213. The standard InChI is InChI=1S/C15H14F3NO3S/c1-19(15-10-12(17)4-7-14(15)18)23(20,21)9-8-22-13-5-2-11(16)3-6-13/h2-7,10H,8-9H2,1H3. The van der Waals surface area contributed by atoms with Crippen LogP contribution in [-0.4, -0.2) is 27.8 Å². The number of ether oxygens (including phenoxy) is 1. The Morgan fingerprint density at radius 3 is 2.26 bits per heavy atom. The van der Waals surface area contributed by atoms with Gasteiger partial charge in [0.2, 0.25) is 10.0 Å². The fourth-order valence-corrected chi connectivity index (χ4v) is 2.82. The van der Waals surface area contributed by atoms with Crippen molar-refractivity contribution in [3.8, 4) is 5.75 Å². The summed E-state index contributed by atoms with van der Waals surface area (Å²) < 4.78 is 69.7. The third-order valence-electron chi connectivity index (χ3n) is 3.09. The van der Waals surface area contributed by atoms with Crippen LogP contribution in [0.3, 0.4) is 0 Å². The molecular weight excluding hydrogens is 331 g/mol. The Bertz CT molecular complexity index is 779. The van der Waals surface area contributed by atoms with E-state index in [0.717, 1.165) is 25.2 Å². The normalized spacial score (nSPS) is 11.3. The fourth-order valence-electron chi connectivity index (χ4n) is 1.81. The minimum atomic E-state index is -3.90. The summed E-state index contributed by atoms with van der Waals surface area (Å²) in [7, 11) is -2.77. The molecule has 0 saturated carbocycles. The van der Waals surface area contributed by atoms with Crippen LogP contribution in [0.15, 0.2) is 42.5 Å². The molecule has 0 heterocycles. The summed E-state index contributed by atoms with van der Waals surface area (Å²) in [5.74, 6) is -2.17. The van der Waals surface area contributed by atoms with Crippen molar-refractivity contribution in [2.24, 2.45) is 0 Å². The summed E-state index contributed by atoms with van der Waals surface area (Å²) in [5.41, 5.74) is -0.383. The zero-order valence-corrected chi connectivity index (χ0v) is 13.0. The van der Waals surface area contributed by atoms with Crippen LogP contribution in [0.2, 0.25) is 0 Å². The highest BCUT2D eigenvalue weighted by Gasteiger charge is 2.21. The van der Waals surface area contributed by atoms with E-state index in [-0.39, 0.29) is 12.3 Å². The molecule has 0 unspecified atom stereocenters. The number of halogens is 3. The maximum Gasteiger partial charge on any atom is 0.238 e. The molecule has 0 spiro atoms. The molecule has 2 aromatic carbocycles. The van der Waals surface area contributed by atoms with Gasteiger partial charge in [-0.15, -0.1) is 0 Å². The summed E-state index contributed by atoms with van der Waals surface area (Å²) in [6.45, 7) is -0.213. The van der Waals surface area contributed by atoms with Gasteiger partial charge in [0, 0.05) is 13.1 Å². The van der Waals surface area contributed by atoms with Gasteiger partial charge in [0.1, 0.15) is 35.6 Å². The summed E-state index contributed by atoms with van der Waals surface area (Å²) in [5, 5.41) is 0. The molecule has 2 aromatic rings. The highest BCUT2D eigenvalue weighted by atomic mass is 32.2. The van der Waals surface area contributed by atoms with Crippen LogP contribution in [0.1, 0.15) is 0 Å². The van der Waals surface area contributed by atoms with Gasteiger partial charge in [0.25, 0.3) is 0 Å². The van der Waals surface area contributed by atoms with Crippen molar-refractivity contribution < 1.29 is 26.3 Å². The van der Waals surface area contributed by atoms with Crippen molar-refractivity contribution in [2.75, 3.05) is 23.7 Å². The van der Waals surface area contributed by atoms with Crippen molar-refractivity contribution in [3.63, 3.8) is 0 Å². The lowest BCUT2D eigenvalue weighted by Crippen LogP contribution is -2.32. The third kappa shape index (κ3) is 4.38. The second-order valence-corrected chi connectivity index (χ2v) is 6.80. The molecule has 0 radical (unpaired) electrons. The summed E-state index contributed by atoms with van der Waals surface area (Å²) in [4.78, 5) is 0. The number of hydrogen-bond donors (Lipinski definition) is 0. The molecule has 23 heavy (non-hydrogen) atoms. The smallest absolute Gasteiger partial charge is 0.238 e. The first-order valence-electron chi connectivity index (χ1n) is 6.59. The number of anilines is 1. The minimum Gasteiger partial charge on any atom is -0.492 e. The van der Waals surface area contributed by atoms with Gasteiger partial charge in [0.15, 0.2) is 0 Å². The first-order chi connectivity index (χ1) is 10.8. The predicted molar refractivity (Wildman–Crippen MR) is 80.4 cm³/mol. The van der Waals surface area contributed by atoms with E-state index in [1.807, 2.05) is 0 Å². The molecular formula is C15H14F3NO3S. The Kier molecular flexibility index (Phi) is 5.15. The van der Waals surface area contributed by atoms with E-state index in [1.54, 1.807) is 0 Å². The zero-order valence-electron chi connectivity index (χ0n) is 12.2. The maximum absolute atomic E-state index is 13.6. The molecule has 8 heteroatoms. The second-order valence-electron chi connectivity index (χ2n) is 4.68. The topological polar surface area (TPSA) is 46.6 Å². The fraction of sp³-hybridized carbons (Fsp3) is 0.200. The van der Waals surface area contributed by atoms with E-state index in [1.165, 1.54) is 24.3 Å². The summed E-state index contributed by atoms with van der Waals surface area (Å²) in [6.07, 6.45) is 0. The van der Waals surface area contributed by atoms with E-state index in [2.05, 4.69) is 0 Å². The number of benzene rings is 2. The Morgan fingerprint density at radius 2 is 1.61 bits per heavy atom. The van der Waals surface area contributed by atoms with Crippen molar-refractivity contribution in [1.82, 2.24) is 0 Å². The lowest BCUT2D eigenvalue weighted by atomic mass is 10.3. The molecule has 0 fully saturated rings. The Morgan fingerprint density at radius 1 is 1.00 bits per heavy atom. The maximum atomic E-state index is 13.6. The van der Waals surface area contributed by atoms with Gasteiger partial charge in [-0.05, 0) is 36.4 Å². The molecule has 0 atom stereocenters. The van der Waals surface area contributed by atoms with Crippen molar-refractivity contribution in [2.45, 2.75) is 0 Å². The van der Waals surface area contributed by atoms with Crippen LogP contribution in [0.4, 0.5) is 18.9 Å². The molecule has 0 aliphatic heterocycles. The molecule has 0 aliphatic rings. The summed E-state index contributed by atoms with van der Waals surface area (Å²) >= 11 is 0. The van der Waals surface area contributed by atoms with E-state index in [9.17, 15) is 21.6 Å². The van der Waals surface area contributed by atoms with Crippen LogP contribution >= 0.6 is 0 Å². The van der Waals surface area contributed by atoms with Crippen molar-refractivity contribution >= 4 is 15.7 Å². The molecule has 0 amide bonds. The number of hydrogen-bond acceptors (Lipinski definition) is 3. The largest absolute Gasteiger partial charge is 0.492 e. The van der Waals surface area contributed by atoms with E-state index in [4.69, 9.17) is 4.74 Å². The monoisotopic (exact) mass is 345 g/mol. The molecule has 4 nitrogen and oxygen atoms in total.